The lowest BCUT2D eigenvalue weighted by Gasteiger charge is -2.10. The van der Waals surface area contributed by atoms with E-state index in [1.165, 1.54) is 10.6 Å². The maximum atomic E-state index is 14.3. The van der Waals surface area contributed by atoms with Crippen molar-refractivity contribution in [3.05, 3.63) is 93.4 Å². The van der Waals surface area contributed by atoms with Crippen molar-refractivity contribution in [1.82, 2.24) is 34.8 Å². The number of halogens is 1. The molecule has 4 aromatic heterocycles. The summed E-state index contributed by atoms with van der Waals surface area (Å²) in [5.41, 5.74) is 2.90. The second-order valence-corrected chi connectivity index (χ2v) is 8.15. The van der Waals surface area contributed by atoms with Gasteiger partial charge in [0.25, 0.3) is 11.8 Å². The molecule has 0 saturated carbocycles. The fourth-order valence-electron chi connectivity index (χ4n) is 3.76. The number of amides is 2. The first-order valence-corrected chi connectivity index (χ1v) is 10.9. The van der Waals surface area contributed by atoms with Gasteiger partial charge >= 0.3 is 5.76 Å². The minimum absolute atomic E-state index is 0.0466. The summed E-state index contributed by atoms with van der Waals surface area (Å²) in [6, 6.07) is 9.90. The molecule has 0 spiro atoms. The topological polar surface area (TPSA) is 136 Å². The van der Waals surface area contributed by atoms with E-state index in [1.807, 2.05) is 13.0 Å². The van der Waals surface area contributed by atoms with Crippen LogP contribution in [0.5, 0.6) is 0 Å². The molecule has 5 rings (SSSR count). The lowest BCUT2D eigenvalue weighted by molar-refractivity contribution is 0.0942. The van der Waals surface area contributed by atoms with Crippen LogP contribution < -0.4 is 16.4 Å². The van der Waals surface area contributed by atoms with Gasteiger partial charge in [-0.3, -0.25) is 19.1 Å². The number of pyridine rings is 1. The zero-order valence-electron chi connectivity index (χ0n) is 19.3. The number of carbonyl (C=O) groups excluding carboxylic acids is 2. The summed E-state index contributed by atoms with van der Waals surface area (Å²) in [5.74, 6) is -2.43. The summed E-state index contributed by atoms with van der Waals surface area (Å²) in [6.45, 7) is 2.14. The molecular formula is C24H20FN7O4. The molecule has 0 aliphatic carbocycles. The van der Waals surface area contributed by atoms with Crippen LogP contribution in [0.1, 0.15) is 37.8 Å². The third kappa shape index (κ3) is 4.31. The second kappa shape index (κ2) is 9.06. The average molecular weight is 489 g/mol. The van der Waals surface area contributed by atoms with Gasteiger partial charge in [0.15, 0.2) is 17.0 Å². The molecule has 5 aromatic rings. The largest absolute Gasteiger partial charge is 0.419 e. The summed E-state index contributed by atoms with van der Waals surface area (Å²) in [5, 5.41) is 9.33. The SMILES string of the molecule is Cc1cc(CNC(=O)c2cc(C(=O)NCc3ccc4oc(=O)n(C)c4c3)nc3c(F)cnn23)ccn1. The Bertz CT molecular complexity index is 1700. The van der Waals surface area contributed by atoms with Gasteiger partial charge < -0.3 is 15.1 Å². The summed E-state index contributed by atoms with van der Waals surface area (Å²) >= 11 is 0. The van der Waals surface area contributed by atoms with Gasteiger partial charge in [-0.2, -0.15) is 5.10 Å². The average Bonchev–Trinajstić information content (AvgIpc) is 3.39. The molecule has 0 saturated heterocycles. The molecule has 36 heavy (non-hydrogen) atoms. The van der Waals surface area contributed by atoms with Crippen molar-refractivity contribution < 1.29 is 18.4 Å². The summed E-state index contributed by atoms with van der Waals surface area (Å²) in [7, 11) is 1.58. The van der Waals surface area contributed by atoms with Crippen molar-refractivity contribution in [2.75, 3.05) is 0 Å². The smallest absolute Gasteiger partial charge is 0.408 e. The summed E-state index contributed by atoms with van der Waals surface area (Å²) < 4.78 is 21.8. The zero-order chi connectivity index (χ0) is 25.4. The van der Waals surface area contributed by atoms with Crippen molar-refractivity contribution in [1.29, 1.82) is 0 Å². The van der Waals surface area contributed by atoms with Crippen LogP contribution in [0.15, 0.2) is 58.0 Å². The van der Waals surface area contributed by atoms with Gasteiger partial charge in [-0.25, -0.2) is 18.7 Å². The lowest BCUT2D eigenvalue weighted by atomic mass is 10.2. The second-order valence-electron chi connectivity index (χ2n) is 8.15. The van der Waals surface area contributed by atoms with E-state index in [4.69, 9.17) is 4.42 Å². The number of oxazole rings is 1. The number of aromatic nitrogens is 5. The minimum atomic E-state index is -0.769. The normalized spacial score (nSPS) is 11.2. The van der Waals surface area contributed by atoms with Crippen LogP contribution in [0.2, 0.25) is 0 Å². The van der Waals surface area contributed by atoms with Crippen LogP contribution in [0, 0.1) is 12.7 Å². The molecule has 0 fully saturated rings. The standard InChI is InChI=1S/C24H20FN7O4/c1-13-7-15(5-6-26-13)11-28-23(34)19-9-17(30-21-16(25)12-29-32(19)21)22(33)27-10-14-3-4-20-18(8-14)31(2)24(35)36-20/h3-9,12H,10-11H2,1-2H3,(H,27,33)(H,28,34). The number of aryl methyl sites for hydroxylation is 2. The van der Waals surface area contributed by atoms with Crippen LogP contribution in [0.3, 0.4) is 0 Å². The quantitative estimate of drug-likeness (QED) is 0.372. The van der Waals surface area contributed by atoms with Crippen molar-refractivity contribution in [2.24, 2.45) is 7.05 Å². The van der Waals surface area contributed by atoms with Gasteiger partial charge in [0.2, 0.25) is 0 Å². The zero-order valence-corrected chi connectivity index (χ0v) is 19.3. The van der Waals surface area contributed by atoms with E-state index in [0.29, 0.717) is 16.7 Å². The number of nitrogens with one attached hydrogen (secondary N) is 2. The van der Waals surface area contributed by atoms with Gasteiger partial charge in [0, 0.05) is 38.1 Å². The van der Waals surface area contributed by atoms with Crippen molar-refractivity contribution in [2.45, 2.75) is 20.0 Å². The van der Waals surface area contributed by atoms with Gasteiger partial charge in [-0.15, -0.1) is 0 Å². The summed E-state index contributed by atoms with van der Waals surface area (Å²) in [4.78, 5) is 45.7. The maximum absolute atomic E-state index is 14.3. The number of benzene rings is 1. The Morgan fingerprint density at radius 1 is 1.06 bits per heavy atom. The molecule has 2 amide bonds. The molecule has 0 bridgehead atoms. The number of nitrogens with zero attached hydrogens (tertiary/aromatic N) is 5. The van der Waals surface area contributed by atoms with E-state index in [-0.39, 0.29) is 30.1 Å². The van der Waals surface area contributed by atoms with Crippen LogP contribution in [0.25, 0.3) is 16.7 Å². The van der Waals surface area contributed by atoms with E-state index < -0.39 is 23.4 Å². The molecule has 4 heterocycles. The van der Waals surface area contributed by atoms with Crippen LogP contribution >= 0.6 is 0 Å². The highest BCUT2D eigenvalue weighted by molar-refractivity contribution is 5.98. The van der Waals surface area contributed by atoms with Crippen LogP contribution in [-0.2, 0) is 20.1 Å². The number of hydrogen-bond acceptors (Lipinski definition) is 7. The molecule has 12 heteroatoms. The molecule has 0 radical (unpaired) electrons. The van der Waals surface area contributed by atoms with Gasteiger partial charge in [-0.05, 0) is 42.3 Å². The van der Waals surface area contributed by atoms with Crippen molar-refractivity contribution in [3.8, 4) is 0 Å². The molecule has 0 unspecified atom stereocenters. The Hall–Kier alpha value is -4.87. The number of fused-ring (bicyclic) bond motifs is 2. The highest BCUT2D eigenvalue weighted by Crippen LogP contribution is 2.15. The molecule has 1 aromatic carbocycles. The number of hydrogen-bond donors (Lipinski definition) is 2. The van der Waals surface area contributed by atoms with E-state index in [9.17, 15) is 18.8 Å². The van der Waals surface area contributed by atoms with E-state index in [0.717, 1.165) is 22.0 Å². The van der Waals surface area contributed by atoms with Gasteiger partial charge in [-0.1, -0.05) is 6.07 Å². The van der Waals surface area contributed by atoms with Gasteiger partial charge in [0.1, 0.15) is 11.4 Å². The monoisotopic (exact) mass is 489 g/mol. The minimum Gasteiger partial charge on any atom is -0.408 e. The number of carbonyl (C=O) groups is 2. The van der Waals surface area contributed by atoms with Gasteiger partial charge in [0.05, 0.1) is 11.7 Å². The Morgan fingerprint density at radius 2 is 1.81 bits per heavy atom. The highest BCUT2D eigenvalue weighted by atomic mass is 19.1. The first-order valence-electron chi connectivity index (χ1n) is 10.9. The van der Waals surface area contributed by atoms with E-state index >= 15 is 0 Å². The first-order chi connectivity index (χ1) is 17.3. The molecule has 11 nitrogen and oxygen atoms in total. The molecular weight excluding hydrogens is 469 g/mol. The predicted molar refractivity (Wildman–Crippen MR) is 126 cm³/mol. The van der Waals surface area contributed by atoms with Crippen LogP contribution in [-0.4, -0.2) is 36.0 Å². The highest BCUT2D eigenvalue weighted by Gasteiger charge is 2.20. The maximum Gasteiger partial charge on any atom is 0.419 e. The fraction of sp³-hybridized carbons (Fsp3) is 0.167. The molecule has 0 atom stereocenters. The third-order valence-corrected chi connectivity index (χ3v) is 5.62. The summed E-state index contributed by atoms with van der Waals surface area (Å²) in [6.07, 6.45) is 2.56. The molecule has 182 valence electrons. The Morgan fingerprint density at radius 3 is 2.58 bits per heavy atom. The molecule has 2 N–H and O–H groups in total. The molecule has 0 aliphatic rings. The fourth-order valence-corrected chi connectivity index (χ4v) is 3.76. The van der Waals surface area contributed by atoms with Crippen molar-refractivity contribution >= 4 is 28.6 Å². The van der Waals surface area contributed by atoms with Crippen LogP contribution in [0.4, 0.5) is 4.39 Å². The number of rotatable bonds is 6. The Labute approximate surface area is 202 Å². The lowest BCUT2D eigenvalue weighted by Crippen LogP contribution is -2.28. The van der Waals surface area contributed by atoms with E-state index in [2.05, 4.69) is 25.7 Å². The molecule has 0 aliphatic heterocycles. The van der Waals surface area contributed by atoms with E-state index in [1.54, 1.807) is 37.5 Å². The first kappa shape index (κ1) is 22.9. The Kier molecular flexibility index (Phi) is 5.76. The Balaban J connectivity index is 1.37. The predicted octanol–water partition coefficient (Wildman–Crippen LogP) is 1.88. The third-order valence-electron chi connectivity index (χ3n) is 5.62. The van der Waals surface area contributed by atoms with Crippen molar-refractivity contribution in [3.63, 3.8) is 0 Å².